The number of hydrazone groups is 2. The van der Waals surface area contributed by atoms with Gasteiger partial charge in [0, 0.05) is 10.8 Å². The molecule has 0 aliphatic carbocycles. The quantitative estimate of drug-likeness (QED) is 0.229. The van der Waals surface area contributed by atoms with Crippen molar-refractivity contribution >= 4 is 46.8 Å². The van der Waals surface area contributed by atoms with E-state index in [1.165, 1.54) is 28.1 Å². The van der Waals surface area contributed by atoms with Gasteiger partial charge in [0.1, 0.15) is 19.8 Å². The molecule has 2 rings (SSSR count). The molecule has 0 radical (unpaired) electrons. The molecule has 0 aromatic rings. The van der Waals surface area contributed by atoms with Crippen molar-refractivity contribution in [3.8, 4) is 0 Å². The number of hydroxylamine groups is 4. The Morgan fingerprint density at radius 1 is 0.767 bits per heavy atom. The maximum absolute atomic E-state index is 13.9. The van der Waals surface area contributed by atoms with E-state index in [1.54, 1.807) is 62.3 Å². The summed E-state index contributed by atoms with van der Waals surface area (Å²) in [6, 6.07) is 0. The molecule has 240 valence electrons. The number of rotatable bonds is 6. The van der Waals surface area contributed by atoms with Crippen LogP contribution in [0.3, 0.4) is 0 Å². The van der Waals surface area contributed by atoms with E-state index in [9.17, 15) is 24.4 Å². The Labute approximate surface area is 250 Å². The lowest BCUT2D eigenvalue weighted by atomic mass is 9.74. The van der Waals surface area contributed by atoms with Gasteiger partial charge in [-0.15, -0.1) is 5.06 Å². The lowest BCUT2D eigenvalue weighted by Gasteiger charge is -2.42. The molecular weight excluding hydrogens is 568 g/mol. The molecule has 4 amide bonds. The first-order valence-corrected chi connectivity index (χ1v) is 13.2. The molecule has 3 N–H and O–H groups in total. The number of nitrogens with zero attached hydrogens (tertiary/aromatic N) is 6. The van der Waals surface area contributed by atoms with Gasteiger partial charge >= 0.3 is 12.2 Å². The number of hydrogen-bond donors (Lipinski definition) is 3. The van der Waals surface area contributed by atoms with E-state index in [2.05, 4.69) is 31.4 Å². The van der Waals surface area contributed by atoms with Crippen LogP contribution in [0.15, 0.2) is 20.5 Å². The van der Waals surface area contributed by atoms with Gasteiger partial charge in [0.2, 0.25) is 11.1 Å². The molecule has 0 spiro atoms. The summed E-state index contributed by atoms with van der Waals surface area (Å²) in [7, 11) is 2.42. The van der Waals surface area contributed by atoms with Gasteiger partial charge < -0.3 is 19.2 Å². The Kier molecular flexibility index (Phi) is 9.56. The average molecular weight is 611 g/mol. The van der Waals surface area contributed by atoms with Crippen molar-refractivity contribution in [2.75, 3.05) is 14.2 Å². The Morgan fingerprint density at radius 3 is 1.56 bits per heavy atom. The van der Waals surface area contributed by atoms with Crippen LogP contribution in [0, 0.1) is 10.8 Å². The minimum Gasteiger partial charge on any atom is -0.442 e. The van der Waals surface area contributed by atoms with E-state index >= 15 is 0 Å². The van der Waals surface area contributed by atoms with E-state index in [1.807, 2.05) is 0 Å². The molecule has 2 atom stereocenters. The summed E-state index contributed by atoms with van der Waals surface area (Å²) in [6.45, 7) is 17.5. The molecule has 0 aromatic heterocycles. The second kappa shape index (κ2) is 11.8. The van der Waals surface area contributed by atoms with Crippen molar-refractivity contribution < 1.29 is 43.6 Å². The molecule has 17 heteroatoms. The number of hydrogen-bond acceptors (Lipinski definition) is 13. The largest absolute Gasteiger partial charge is 0.460 e. The van der Waals surface area contributed by atoms with Gasteiger partial charge in [-0.2, -0.15) is 15.3 Å². The molecule has 0 saturated carbocycles. The second-order valence-electron chi connectivity index (χ2n) is 12.9. The summed E-state index contributed by atoms with van der Waals surface area (Å²) in [5.41, 5.74) is -3.61. The molecule has 2 aliphatic rings. The summed E-state index contributed by atoms with van der Waals surface area (Å²) < 4.78 is 5.52. The number of carbonyl (C=O) groups excluding carboxylic acids is 4. The first-order chi connectivity index (χ1) is 19.5. The fraction of sp³-hybridized carbons (Fsp3) is 0.692. The highest BCUT2D eigenvalue weighted by molar-refractivity contribution is 6.36. The third-order valence-corrected chi connectivity index (χ3v) is 6.33. The first kappa shape index (κ1) is 34.9. The van der Waals surface area contributed by atoms with Crippen molar-refractivity contribution in [2.45, 2.75) is 92.8 Å². The SMILES string of the molecule is CON=C(C)C1(N(O)C(=O)ON(C(=O)OC(C)(C)C)C2(C(C)=NOC)C(=O)NN=C2C(C)(C)C)C(=O)NN=C1C(C)(C)C. The lowest BCUT2D eigenvalue weighted by Crippen LogP contribution is -2.70. The maximum Gasteiger partial charge on any atom is 0.460 e. The van der Waals surface area contributed by atoms with Gasteiger partial charge in [-0.1, -0.05) is 51.9 Å². The van der Waals surface area contributed by atoms with Gasteiger partial charge in [-0.3, -0.25) is 14.8 Å². The van der Waals surface area contributed by atoms with Gasteiger partial charge in [-0.25, -0.2) is 20.4 Å². The fourth-order valence-electron chi connectivity index (χ4n) is 4.74. The molecule has 0 bridgehead atoms. The van der Waals surface area contributed by atoms with Crippen LogP contribution in [-0.4, -0.2) is 93.1 Å². The van der Waals surface area contributed by atoms with Gasteiger partial charge in [-0.05, 0) is 34.6 Å². The predicted octanol–water partition coefficient (Wildman–Crippen LogP) is 2.55. The predicted molar refractivity (Wildman–Crippen MR) is 154 cm³/mol. The van der Waals surface area contributed by atoms with Crippen LogP contribution >= 0.6 is 0 Å². The van der Waals surface area contributed by atoms with Crippen LogP contribution in [0.5, 0.6) is 0 Å². The summed E-state index contributed by atoms with van der Waals surface area (Å²) >= 11 is 0. The average Bonchev–Trinajstić information content (AvgIpc) is 3.39. The third-order valence-electron chi connectivity index (χ3n) is 6.33. The van der Waals surface area contributed by atoms with Crippen molar-refractivity contribution in [3.63, 3.8) is 0 Å². The van der Waals surface area contributed by atoms with E-state index < -0.39 is 51.5 Å². The number of nitrogens with one attached hydrogen (secondary N) is 2. The highest BCUT2D eigenvalue weighted by Gasteiger charge is 2.65. The summed E-state index contributed by atoms with van der Waals surface area (Å²) in [5.74, 6) is -1.91. The Bertz CT molecular complexity index is 1290. The van der Waals surface area contributed by atoms with Gasteiger partial charge in [0.05, 0.1) is 22.8 Å². The van der Waals surface area contributed by atoms with Gasteiger partial charge in [0.15, 0.2) is 0 Å². The molecule has 0 fully saturated rings. The van der Waals surface area contributed by atoms with E-state index in [4.69, 9.17) is 19.2 Å². The first-order valence-electron chi connectivity index (χ1n) is 13.2. The van der Waals surface area contributed by atoms with Crippen LogP contribution in [-0.2, 0) is 28.8 Å². The maximum atomic E-state index is 13.9. The van der Waals surface area contributed by atoms with Crippen LogP contribution < -0.4 is 10.9 Å². The number of ether oxygens (including phenoxy) is 1. The highest BCUT2D eigenvalue weighted by atomic mass is 16.8. The highest BCUT2D eigenvalue weighted by Crippen LogP contribution is 2.38. The molecule has 43 heavy (non-hydrogen) atoms. The zero-order valence-corrected chi connectivity index (χ0v) is 26.9. The van der Waals surface area contributed by atoms with Crippen molar-refractivity contribution in [2.24, 2.45) is 31.3 Å². The molecule has 2 unspecified atom stereocenters. The molecule has 2 aliphatic heterocycles. The van der Waals surface area contributed by atoms with Crippen LogP contribution in [0.25, 0.3) is 0 Å². The number of amides is 4. The Morgan fingerprint density at radius 2 is 1.16 bits per heavy atom. The second-order valence-corrected chi connectivity index (χ2v) is 12.9. The number of oxime groups is 2. The van der Waals surface area contributed by atoms with Gasteiger partial charge in [0.25, 0.3) is 11.8 Å². The van der Waals surface area contributed by atoms with Crippen molar-refractivity contribution in [1.29, 1.82) is 0 Å². The molecule has 17 nitrogen and oxygen atoms in total. The minimum atomic E-state index is -2.38. The number of carbonyl (C=O) groups is 4. The molecule has 0 saturated heterocycles. The van der Waals surface area contributed by atoms with Crippen molar-refractivity contribution in [1.82, 2.24) is 21.0 Å². The standard InChI is InChI=1S/C26H42N8O9/c1-14(31-40-12)25(16(22(3,4)5)27-29-18(25)35)33(39)20(37)43-34(21(38)42-24(9,10)11)26(15(2)32-41-13)17(23(6,7)8)28-30-19(26)36/h39H,1-13H3,(H,29,35)(H,30,36). The van der Waals surface area contributed by atoms with Crippen LogP contribution in [0.4, 0.5) is 9.59 Å². The monoisotopic (exact) mass is 610 g/mol. The van der Waals surface area contributed by atoms with E-state index in [0.717, 1.165) is 0 Å². The summed E-state index contributed by atoms with van der Waals surface area (Å²) in [4.78, 5) is 70.1. The summed E-state index contributed by atoms with van der Waals surface area (Å²) in [5, 5.41) is 27.6. The topological polar surface area (TPSA) is 205 Å². The zero-order valence-electron chi connectivity index (χ0n) is 26.9. The van der Waals surface area contributed by atoms with Crippen LogP contribution in [0.2, 0.25) is 0 Å². The normalized spacial score (nSPS) is 23.1. The molecular formula is C26H42N8O9. The minimum absolute atomic E-state index is 0.00570. The van der Waals surface area contributed by atoms with Crippen molar-refractivity contribution in [3.05, 3.63) is 0 Å². The molecule has 0 aromatic carbocycles. The zero-order chi connectivity index (χ0) is 33.3. The van der Waals surface area contributed by atoms with E-state index in [-0.39, 0.29) is 27.9 Å². The summed E-state index contributed by atoms with van der Waals surface area (Å²) in [6.07, 6.45) is -3.02. The van der Waals surface area contributed by atoms with Crippen LogP contribution in [0.1, 0.15) is 76.2 Å². The molecule has 2 heterocycles. The fourth-order valence-corrected chi connectivity index (χ4v) is 4.74. The Hall–Kier alpha value is -4.28. The van der Waals surface area contributed by atoms with E-state index in [0.29, 0.717) is 5.06 Å². The smallest absolute Gasteiger partial charge is 0.442 e. The Balaban J connectivity index is 2.88. The third kappa shape index (κ3) is 6.11. The lowest BCUT2D eigenvalue weighted by molar-refractivity contribution is -0.183.